The molecule has 0 bridgehead atoms. The molecule has 142 valence electrons. The van der Waals surface area contributed by atoms with Crippen LogP contribution in [-0.2, 0) is 14.3 Å². The van der Waals surface area contributed by atoms with Crippen LogP contribution in [0, 0.1) is 0 Å². The second kappa shape index (κ2) is 7.88. The van der Waals surface area contributed by atoms with Crippen molar-refractivity contribution in [1.29, 1.82) is 0 Å². The molecular formula is C21H24N2O4. The summed E-state index contributed by atoms with van der Waals surface area (Å²) in [6.07, 6.45) is 4.56. The number of ether oxygens (including phenoxy) is 1. The summed E-state index contributed by atoms with van der Waals surface area (Å²) in [5, 5.41) is 2.33. The van der Waals surface area contributed by atoms with E-state index < -0.39 is 11.9 Å². The van der Waals surface area contributed by atoms with Crippen LogP contribution in [0.3, 0.4) is 0 Å². The maximum Gasteiger partial charge on any atom is 0.255 e. The molecule has 0 spiro atoms. The average molecular weight is 368 g/mol. The van der Waals surface area contributed by atoms with Gasteiger partial charge >= 0.3 is 0 Å². The molecular weight excluding hydrogens is 344 g/mol. The standard InChI is InChI=1S/C21H24N2O4/c1-4-6-18(27-11-5-2)14-7-8-15-16(12-14)13(3)23(21(15)26)17-9-10-19(24)22-20(17)25/h4-5,7-8,12-13,17-18H,1-2,6,9-11H2,3H3,(H,22,24,25)/t13-,17+,18-/m1/s1. The second-order valence-corrected chi connectivity index (χ2v) is 6.84. The number of carbonyl (C=O) groups excluding carboxylic acids is 3. The molecule has 3 atom stereocenters. The van der Waals surface area contributed by atoms with Crippen LogP contribution in [-0.4, -0.2) is 35.3 Å². The molecule has 0 unspecified atom stereocenters. The molecule has 0 radical (unpaired) electrons. The number of rotatable bonds is 7. The van der Waals surface area contributed by atoms with Gasteiger partial charge in [-0.15, -0.1) is 13.2 Å². The van der Waals surface area contributed by atoms with Crippen molar-refractivity contribution in [2.45, 2.75) is 44.4 Å². The van der Waals surface area contributed by atoms with Crippen molar-refractivity contribution in [3.63, 3.8) is 0 Å². The summed E-state index contributed by atoms with van der Waals surface area (Å²) in [6.45, 7) is 9.79. The summed E-state index contributed by atoms with van der Waals surface area (Å²) in [5.74, 6) is -0.869. The molecule has 0 aromatic heterocycles. The first kappa shape index (κ1) is 19.0. The summed E-state index contributed by atoms with van der Waals surface area (Å²) in [5.41, 5.74) is 2.43. The maximum absolute atomic E-state index is 12.9. The van der Waals surface area contributed by atoms with Crippen LogP contribution >= 0.6 is 0 Å². The Labute approximate surface area is 158 Å². The topological polar surface area (TPSA) is 75.7 Å². The normalized spacial score (nSPS) is 23.0. The van der Waals surface area contributed by atoms with Crippen LogP contribution in [0.15, 0.2) is 43.5 Å². The highest BCUT2D eigenvalue weighted by Crippen LogP contribution is 2.38. The minimum Gasteiger partial charge on any atom is -0.369 e. The van der Waals surface area contributed by atoms with Crippen LogP contribution in [0.1, 0.15) is 59.8 Å². The SMILES string of the molecule is C=CCO[C@H](CC=C)c1ccc2c(c1)[C@@H](C)N([C@H]1CCC(=O)NC1=O)C2=O. The molecule has 2 aliphatic heterocycles. The molecule has 3 amide bonds. The summed E-state index contributed by atoms with van der Waals surface area (Å²) in [4.78, 5) is 38.2. The lowest BCUT2D eigenvalue weighted by molar-refractivity contribution is -0.137. The van der Waals surface area contributed by atoms with Gasteiger partial charge < -0.3 is 9.64 Å². The molecule has 6 heteroatoms. The Morgan fingerprint density at radius 1 is 1.30 bits per heavy atom. The fourth-order valence-electron chi connectivity index (χ4n) is 3.78. The van der Waals surface area contributed by atoms with Crippen LogP contribution in [0.5, 0.6) is 0 Å². The highest BCUT2D eigenvalue weighted by molar-refractivity contribution is 6.05. The second-order valence-electron chi connectivity index (χ2n) is 6.84. The number of hydrogen-bond donors (Lipinski definition) is 1. The van der Waals surface area contributed by atoms with Crippen LogP contribution in [0.4, 0.5) is 0 Å². The van der Waals surface area contributed by atoms with Crippen molar-refractivity contribution in [1.82, 2.24) is 10.2 Å². The summed E-state index contributed by atoms with van der Waals surface area (Å²) in [7, 11) is 0. The molecule has 1 aromatic rings. The predicted molar refractivity (Wildman–Crippen MR) is 101 cm³/mol. The third-order valence-corrected chi connectivity index (χ3v) is 5.12. The van der Waals surface area contributed by atoms with Gasteiger partial charge in [0.15, 0.2) is 0 Å². The predicted octanol–water partition coefficient (Wildman–Crippen LogP) is 2.83. The van der Waals surface area contributed by atoms with Crippen molar-refractivity contribution in [2.24, 2.45) is 0 Å². The molecule has 27 heavy (non-hydrogen) atoms. The Morgan fingerprint density at radius 3 is 2.74 bits per heavy atom. The van der Waals surface area contributed by atoms with Gasteiger partial charge in [-0.05, 0) is 37.0 Å². The Hall–Kier alpha value is -2.73. The van der Waals surface area contributed by atoms with Crippen molar-refractivity contribution in [3.8, 4) is 0 Å². The number of carbonyl (C=O) groups is 3. The molecule has 1 fully saturated rings. The van der Waals surface area contributed by atoms with Gasteiger partial charge in [0.2, 0.25) is 11.8 Å². The van der Waals surface area contributed by atoms with Gasteiger partial charge in [0.25, 0.3) is 5.91 Å². The first-order chi connectivity index (χ1) is 13.0. The lowest BCUT2D eigenvalue weighted by Crippen LogP contribution is -2.53. The van der Waals surface area contributed by atoms with Crippen molar-refractivity contribution >= 4 is 17.7 Å². The van der Waals surface area contributed by atoms with E-state index in [9.17, 15) is 14.4 Å². The Balaban J connectivity index is 1.88. The summed E-state index contributed by atoms with van der Waals surface area (Å²) < 4.78 is 5.82. The van der Waals surface area contributed by atoms with Gasteiger partial charge in [-0.3, -0.25) is 19.7 Å². The van der Waals surface area contributed by atoms with E-state index in [1.807, 2.05) is 19.1 Å². The first-order valence-corrected chi connectivity index (χ1v) is 9.11. The number of hydrogen-bond acceptors (Lipinski definition) is 4. The highest BCUT2D eigenvalue weighted by atomic mass is 16.5. The third-order valence-electron chi connectivity index (χ3n) is 5.12. The van der Waals surface area contributed by atoms with E-state index in [1.165, 1.54) is 0 Å². The van der Waals surface area contributed by atoms with E-state index in [-0.39, 0.29) is 30.4 Å². The zero-order valence-corrected chi connectivity index (χ0v) is 15.4. The summed E-state index contributed by atoms with van der Waals surface area (Å²) >= 11 is 0. The molecule has 2 heterocycles. The Kier molecular flexibility index (Phi) is 5.56. The molecule has 3 rings (SSSR count). The zero-order valence-electron chi connectivity index (χ0n) is 15.4. The number of nitrogens with zero attached hydrogens (tertiary/aromatic N) is 1. The van der Waals surface area contributed by atoms with Gasteiger partial charge in [-0.25, -0.2) is 0 Å². The molecule has 6 nitrogen and oxygen atoms in total. The van der Waals surface area contributed by atoms with Gasteiger partial charge in [0.05, 0.1) is 18.8 Å². The smallest absolute Gasteiger partial charge is 0.255 e. The maximum atomic E-state index is 12.9. The Morgan fingerprint density at radius 2 is 2.07 bits per heavy atom. The van der Waals surface area contributed by atoms with E-state index in [0.29, 0.717) is 25.0 Å². The van der Waals surface area contributed by atoms with Crippen LogP contribution in [0.25, 0.3) is 0 Å². The Bertz CT molecular complexity index is 801. The van der Waals surface area contributed by atoms with E-state index in [4.69, 9.17) is 4.74 Å². The molecule has 0 aliphatic carbocycles. The largest absolute Gasteiger partial charge is 0.369 e. The van der Waals surface area contributed by atoms with Gasteiger partial charge in [0.1, 0.15) is 6.04 Å². The fourth-order valence-corrected chi connectivity index (χ4v) is 3.78. The minimum absolute atomic E-state index is 0.169. The number of fused-ring (bicyclic) bond motifs is 1. The third kappa shape index (κ3) is 3.57. The molecule has 1 saturated heterocycles. The number of benzene rings is 1. The van der Waals surface area contributed by atoms with Crippen molar-refractivity contribution in [3.05, 3.63) is 60.2 Å². The monoisotopic (exact) mass is 368 g/mol. The summed E-state index contributed by atoms with van der Waals surface area (Å²) in [6, 6.07) is 4.78. The van der Waals surface area contributed by atoms with Crippen LogP contribution in [0.2, 0.25) is 0 Å². The van der Waals surface area contributed by atoms with Crippen molar-refractivity contribution < 1.29 is 19.1 Å². The van der Waals surface area contributed by atoms with E-state index in [1.54, 1.807) is 23.1 Å². The van der Waals surface area contributed by atoms with Crippen LogP contribution < -0.4 is 5.32 Å². The van der Waals surface area contributed by atoms with Gasteiger partial charge in [-0.1, -0.05) is 24.3 Å². The number of amides is 3. The minimum atomic E-state index is -0.623. The number of imide groups is 1. The number of piperidine rings is 1. The highest BCUT2D eigenvalue weighted by Gasteiger charge is 2.43. The first-order valence-electron chi connectivity index (χ1n) is 9.11. The fraction of sp³-hybridized carbons (Fsp3) is 0.381. The molecule has 0 saturated carbocycles. The number of nitrogens with one attached hydrogen (secondary N) is 1. The quantitative estimate of drug-likeness (QED) is 0.593. The zero-order chi connectivity index (χ0) is 19.6. The van der Waals surface area contributed by atoms with E-state index in [0.717, 1.165) is 11.1 Å². The lowest BCUT2D eigenvalue weighted by Gasteiger charge is -2.32. The van der Waals surface area contributed by atoms with Gasteiger partial charge in [0, 0.05) is 12.0 Å². The van der Waals surface area contributed by atoms with Gasteiger partial charge in [-0.2, -0.15) is 0 Å². The molecule has 1 aromatic carbocycles. The van der Waals surface area contributed by atoms with E-state index in [2.05, 4.69) is 18.5 Å². The average Bonchev–Trinajstić information content (AvgIpc) is 2.89. The molecule has 1 N–H and O–H groups in total. The van der Waals surface area contributed by atoms with E-state index >= 15 is 0 Å². The van der Waals surface area contributed by atoms with Crippen molar-refractivity contribution in [2.75, 3.05) is 6.61 Å². The molecule has 2 aliphatic rings. The lowest BCUT2D eigenvalue weighted by atomic mass is 9.97.